The summed E-state index contributed by atoms with van der Waals surface area (Å²) in [6.07, 6.45) is 2.45. The predicted octanol–water partition coefficient (Wildman–Crippen LogP) is 4.60. The van der Waals surface area contributed by atoms with E-state index in [0.717, 1.165) is 24.6 Å². The molecule has 0 amide bonds. The van der Waals surface area contributed by atoms with Gasteiger partial charge < -0.3 is 10.2 Å². The van der Waals surface area contributed by atoms with Crippen LogP contribution in [0.1, 0.15) is 29.3 Å². The molecule has 4 nitrogen and oxygen atoms in total. The molecule has 0 saturated carbocycles. The van der Waals surface area contributed by atoms with Crippen LogP contribution >= 0.6 is 35.3 Å². The van der Waals surface area contributed by atoms with Crippen molar-refractivity contribution in [1.29, 1.82) is 0 Å². The number of nitrogens with zero attached hydrogens (tertiary/aromatic N) is 3. The Labute approximate surface area is 188 Å². The molecule has 2 heterocycles. The molecule has 3 rings (SSSR count). The number of rotatable bonds is 5. The molecule has 1 aliphatic heterocycles. The number of benzene rings is 1. The molecule has 1 saturated heterocycles. The SMILES string of the molecule is CN=C(NCC1CCCN(C)C1c1cccs1)N(C)Cc1ccc(F)cc1.I. The fraction of sp³-hybridized carbons (Fsp3) is 0.476. The highest BCUT2D eigenvalue weighted by Crippen LogP contribution is 2.36. The van der Waals surface area contributed by atoms with Crippen molar-refractivity contribution >= 4 is 41.3 Å². The third kappa shape index (κ3) is 5.90. The van der Waals surface area contributed by atoms with E-state index in [4.69, 9.17) is 0 Å². The summed E-state index contributed by atoms with van der Waals surface area (Å²) in [4.78, 5) is 10.4. The number of aliphatic imine (C=N–C) groups is 1. The zero-order valence-electron chi connectivity index (χ0n) is 16.8. The van der Waals surface area contributed by atoms with E-state index >= 15 is 0 Å². The van der Waals surface area contributed by atoms with Crippen LogP contribution in [0.3, 0.4) is 0 Å². The summed E-state index contributed by atoms with van der Waals surface area (Å²) in [6.45, 7) is 2.74. The van der Waals surface area contributed by atoms with Crippen molar-refractivity contribution in [1.82, 2.24) is 15.1 Å². The normalized spacial score (nSPS) is 20.5. The number of hydrogen-bond acceptors (Lipinski definition) is 3. The van der Waals surface area contributed by atoms with Crippen molar-refractivity contribution in [2.75, 3.05) is 34.2 Å². The van der Waals surface area contributed by atoms with Gasteiger partial charge >= 0.3 is 0 Å². The van der Waals surface area contributed by atoms with E-state index in [1.807, 2.05) is 37.6 Å². The molecular formula is C21H30FIN4S. The number of nitrogens with one attached hydrogen (secondary N) is 1. The highest BCUT2D eigenvalue weighted by Gasteiger charge is 2.31. The van der Waals surface area contributed by atoms with Crippen LogP contribution in [0.2, 0.25) is 0 Å². The van der Waals surface area contributed by atoms with E-state index in [0.29, 0.717) is 18.5 Å². The van der Waals surface area contributed by atoms with E-state index in [1.54, 1.807) is 0 Å². The first-order chi connectivity index (χ1) is 13.1. The number of guanidine groups is 1. The summed E-state index contributed by atoms with van der Waals surface area (Å²) in [7, 11) is 6.06. The molecule has 7 heteroatoms. The van der Waals surface area contributed by atoms with Gasteiger partial charge in [-0.25, -0.2) is 4.39 Å². The van der Waals surface area contributed by atoms with Crippen LogP contribution < -0.4 is 5.32 Å². The third-order valence-corrected chi connectivity index (χ3v) is 6.21. The van der Waals surface area contributed by atoms with Gasteiger partial charge in [0.15, 0.2) is 5.96 Å². The average molecular weight is 516 g/mol. The Hall–Kier alpha value is -1.19. The second kappa shape index (κ2) is 11.1. The van der Waals surface area contributed by atoms with Crippen LogP contribution in [0.5, 0.6) is 0 Å². The van der Waals surface area contributed by atoms with E-state index in [2.05, 4.69) is 44.7 Å². The molecule has 1 aliphatic rings. The van der Waals surface area contributed by atoms with Gasteiger partial charge in [-0.05, 0) is 61.5 Å². The summed E-state index contributed by atoms with van der Waals surface area (Å²) in [5.41, 5.74) is 1.07. The van der Waals surface area contributed by atoms with Gasteiger partial charge in [-0.1, -0.05) is 18.2 Å². The lowest BCUT2D eigenvalue weighted by atomic mass is 9.88. The Morgan fingerprint density at radius 2 is 2.07 bits per heavy atom. The summed E-state index contributed by atoms with van der Waals surface area (Å²) < 4.78 is 13.1. The minimum atomic E-state index is -0.204. The Morgan fingerprint density at radius 3 is 2.71 bits per heavy atom. The molecule has 1 aromatic carbocycles. The Bertz CT molecular complexity index is 735. The minimum Gasteiger partial charge on any atom is -0.356 e. The van der Waals surface area contributed by atoms with Crippen LogP contribution in [0.15, 0.2) is 46.8 Å². The van der Waals surface area contributed by atoms with Crippen molar-refractivity contribution in [2.45, 2.75) is 25.4 Å². The van der Waals surface area contributed by atoms with Gasteiger partial charge in [0, 0.05) is 38.1 Å². The van der Waals surface area contributed by atoms with Crippen molar-refractivity contribution < 1.29 is 4.39 Å². The summed E-state index contributed by atoms with van der Waals surface area (Å²) >= 11 is 1.85. The van der Waals surface area contributed by atoms with Crippen LogP contribution in [0, 0.1) is 11.7 Å². The first kappa shape index (κ1) is 23.1. The molecule has 28 heavy (non-hydrogen) atoms. The van der Waals surface area contributed by atoms with E-state index in [1.165, 1.54) is 29.9 Å². The minimum absolute atomic E-state index is 0. The molecule has 0 bridgehead atoms. The Morgan fingerprint density at radius 1 is 1.32 bits per heavy atom. The largest absolute Gasteiger partial charge is 0.356 e. The first-order valence-corrected chi connectivity index (χ1v) is 10.4. The Balaban J connectivity index is 0.00000280. The van der Waals surface area contributed by atoms with Crippen LogP contribution in [0.4, 0.5) is 4.39 Å². The van der Waals surface area contributed by atoms with Gasteiger partial charge in [0.1, 0.15) is 5.82 Å². The number of thiophene rings is 1. The van der Waals surface area contributed by atoms with Crippen molar-refractivity contribution in [3.8, 4) is 0 Å². The molecule has 0 aliphatic carbocycles. The lowest BCUT2D eigenvalue weighted by molar-refractivity contribution is 0.124. The van der Waals surface area contributed by atoms with Crippen LogP contribution in [0.25, 0.3) is 0 Å². The monoisotopic (exact) mass is 516 g/mol. The Kier molecular flexibility index (Phi) is 9.17. The number of likely N-dealkylation sites (tertiary alicyclic amines) is 1. The topological polar surface area (TPSA) is 30.9 Å². The lowest BCUT2D eigenvalue weighted by Crippen LogP contribution is -2.45. The van der Waals surface area contributed by atoms with Gasteiger partial charge in [-0.3, -0.25) is 9.89 Å². The summed E-state index contributed by atoms with van der Waals surface area (Å²) in [5.74, 6) is 1.22. The van der Waals surface area contributed by atoms with Crippen molar-refractivity contribution in [3.05, 3.63) is 58.0 Å². The molecule has 2 aromatic rings. The maximum atomic E-state index is 13.1. The fourth-order valence-electron chi connectivity index (χ4n) is 3.93. The smallest absolute Gasteiger partial charge is 0.193 e. The maximum Gasteiger partial charge on any atom is 0.193 e. The van der Waals surface area contributed by atoms with E-state index in [-0.39, 0.29) is 29.8 Å². The third-order valence-electron chi connectivity index (χ3n) is 5.27. The highest BCUT2D eigenvalue weighted by molar-refractivity contribution is 14.0. The average Bonchev–Trinajstić information content (AvgIpc) is 3.18. The predicted molar refractivity (Wildman–Crippen MR) is 127 cm³/mol. The standard InChI is InChI=1S/C21H29FN4S.HI/c1-23-21(26(3)15-16-8-10-18(22)11-9-16)24-14-17-6-4-12-25(2)20(17)19-7-5-13-27-19;/h5,7-11,13,17,20H,4,6,12,14-15H2,1-3H3,(H,23,24);1H. The molecule has 1 aromatic heterocycles. The number of piperidine rings is 1. The molecule has 1 N–H and O–H groups in total. The summed E-state index contributed by atoms with van der Waals surface area (Å²) in [6, 6.07) is 11.5. The van der Waals surface area contributed by atoms with Gasteiger partial charge in [0.2, 0.25) is 0 Å². The molecule has 0 spiro atoms. The number of hydrogen-bond donors (Lipinski definition) is 1. The second-order valence-electron chi connectivity index (χ2n) is 7.25. The second-order valence-corrected chi connectivity index (χ2v) is 8.23. The van der Waals surface area contributed by atoms with Gasteiger partial charge in [0.05, 0.1) is 0 Å². The van der Waals surface area contributed by atoms with Gasteiger partial charge in [-0.2, -0.15) is 0 Å². The zero-order chi connectivity index (χ0) is 19.2. The quantitative estimate of drug-likeness (QED) is 0.358. The molecule has 0 radical (unpaired) electrons. The highest BCUT2D eigenvalue weighted by atomic mass is 127. The molecule has 2 atom stereocenters. The van der Waals surface area contributed by atoms with E-state index < -0.39 is 0 Å². The van der Waals surface area contributed by atoms with Gasteiger partial charge in [0.25, 0.3) is 0 Å². The molecule has 154 valence electrons. The number of halogens is 2. The summed E-state index contributed by atoms with van der Waals surface area (Å²) in [5, 5.41) is 5.73. The van der Waals surface area contributed by atoms with Crippen molar-refractivity contribution in [2.24, 2.45) is 10.9 Å². The maximum absolute atomic E-state index is 13.1. The molecular weight excluding hydrogens is 486 g/mol. The van der Waals surface area contributed by atoms with Crippen LogP contribution in [-0.2, 0) is 6.54 Å². The van der Waals surface area contributed by atoms with Gasteiger partial charge in [-0.15, -0.1) is 35.3 Å². The van der Waals surface area contributed by atoms with Crippen molar-refractivity contribution in [3.63, 3.8) is 0 Å². The molecule has 1 fully saturated rings. The lowest BCUT2D eigenvalue weighted by Gasteiger charge is -2.39. The molecule has 2 unspecified atom stereocenters. The van der Waals surface area contributed by atoms with E-state index in [9.17, 15) is 4.39 Å². The fourth-order valence-corrected chi connectivity index (χ4v) is 4.91. The van der Waals surface area contributed by atoms with Crippen LogP contribution in [-0.4, -0.2) is 50.0 Å². The zero-order valence-corrected chi connectivity index (χ0v) is 19.9. The first-order valence-electron chi connectivity index (χ1n) is 9.48.